The molecule has 0 aliphatic carbocycles. The first-order valence-electron chi connectivity index (χ1n) is 5.36. The van der Waals surface area contributed by atoms with Crippen LogP contribution in [-0.4, -0.2) is 45.7 Å². The highest BCUT2D eigenvalue weighted by Gasteiger charge is 2.27. The van der Waals surface area contributed by atoms with Crippen LogP contribution in [0.1, 0.15) is 19.8 Å². The fraction of sp³-hybridized carbons (Fsp3) is 1.00. The highest BCUT2D eigenvalue weighted by Crippen LogP contribution is 2.14. The zero-order valence-corrected chi connectivity index (χ0v) is 9.77. The van der Waals surface area contributed by atoms with Crippen LogP contribution < -0.4 is 5.32 Å². The molecule has 0 aliphatic rings. The van der Waals surface area contributed by atoms with Crippen molar-refractivity contribution in [2.45, 2.75) is 32.0 Å². The molecule has 0 bridgehead atoms. The number of halogens is 3. The molecule has 0 radical (unpaired) electrons. The lowest BCUT2D eigenvalue weighted by molar-refractivity contribution is -0.174. The van der Waals surface area contributed by atoms with Crippen LogP contribution in [0.25, 0.3) is 0 Å². The molecular weight excluding hydrogens is 223 g/mol. The molecule has 1 N–H and O–H groups in total. The molecule has 0 spiro atoms. The number of hydrogen-bond acceptors (Lipinski definition) is 3. The average Bonchev–Trinajstić information content (AvgIpc) is 2.16. The van der Waals surface area contributed by atoms with Gasteiger partial charge in [0.1, 0.15) is 6.61 Å². The average molecular weight is 243 g/mol. The molecule has 0 heterocycles. The van der Waals surface area contributed by atoms with Gasteiger partial charge in [0.2, 0.25) is 0 Å². The lowest BCUT2D eigenvalue weighted by atomic mass is 10.2. The first kappa shape index (κ1) is 15.7. The second kappa shape index (κ2) is 8.78. The molecule has 1 atom stereocenters. The van der Waals surface area contributed by atoms with Gasteiger partial charge in [-0.3, -0.25) is 0 Å². The van der Waals surface area contributed by atoms with E-state index in [0.717, 1.165) is 13.0 Å². The van der Waals surface area contributed by atoms with E-state index in [9.17, 15) is 13.2 Å². The summed E-state index contributed by atoms with van der Waals surface area (Å²) in [5.74, 6) is 0. The Morgan fingerprint density at radius 1 is 1.31 bits per heavy atom. The molecule has 0 amide bonds. The number of nitrogens with one attached hydrogen (secondary N) is 1. The van der Waals surface area contributed by atoms with Crippen molar-refractivity contribution >= 4 is 0 Å². The van der Waals surface area contributed by atoms with Gasteiger partial charge in [-0.05, 0) is 19.4 Å². The minimum atomic E-state index is -4.23. The third-order valence-corrected chi connectivity index (χ3v) is 1.97. The van der Waals surface area contributed by atoms with Gasteiger partial charge in [0.15, 0.2) is 0 Å². The molecule has 0 saturated carbocycles. The predicted molar refractivity (Wildman–Crippen MR) is 55.4 cm³/mol. The first-order valence-corrected chi connectivity index (χ1v) is 5.36. The van der Waals surface area contributed by atoms with E-state index in [4.69, 9.17) is 4.74 Å². The zero-order chi connectivity index (χ0) is 12.4. The minimum absolute atomic E-state index is 0.130. The Labute approximate surface area is 94.3 Å². The fourth-order valence-corrected chi connectivity index (χ4v) is 1.35. The third kappa shape index (κ3) is 10.2. The lowest BCUT2D eigenvalue weighted by Crippen LogP contribution is -2.33. The number of hydrogen-bond donors (Lipinski definition) is 1. The second-order valence-corrected chi connectivity index (χ2v) is 3.52. The van der Waals surface area contributed by atoms with Gasteiger partial charge >= 0.3 is 6.18 Å². The summed E-state index contributed by atoms with van der Waals surface area (Å²) < 4.78 is 44.7. The molecule has 0 aromatic heterocycles. The van der Waals surface area contributed by atoms with Crippen molar-refractivity contribution in [2.75, 3.05) is 33.5 Å². The van der Waals surface area contributed by atoms with Gasteiger partial charge in [-0.25, -0.2) is 0 Å². The van der Waals surface area contributed by atoms with E-state index in [-0.39, 0.29) is 12.6 Å². The van der Waals surface area contributed by atoms with Crippen molar-refractivity contribution in [1.29, 1.82) is 0 Å². The Bertz CT molecular complexity index is 159. The van der Waals surface area contributed by atoms with Gasteiger partial charge in [-0.1, -0.05) is 6.92 Å². The number of likely N-dealkylation sites (N-methyl/N-ethyl adjacent to an activating group) is 1. The molecule has 0 saturated heterocycles. The standard InChI is InChI=1S/C10H20F3NO2/c1-3-14-9(7-15-2)5-4-6-16-8-10(11,12)13/h9,14H,3-8H2,1-2H3. The Morgan fingerprint density at radius 2 is 2.00 bits per heavy atom. The Kier molecular flexibility index (Phi) is 8.60. The molecule has 0 fully saturated rings. The normalized spacial score (nSPS) is 14.1. The smallest absolute Gasteiger partial charge is 0.383 e. The lowest BCUT2D eigenvalue weighted by Gasteiger charge is -2.16. The van der Waals surface area contributed by atoms with Crippen molar-refractivity contribution in [3.05, 3.63) is 0 Å². The van der Waals surface area contributed by atoms with Crippen LogP contribution in [0, 0.1) is 0 Å². The maximum absolute atomic E-state index is 11.7. The van der Waals surface area contributed by atoms with Crippen molar-refractivity contribution in [3.8, 4) is 0 Å². The largest absolute Gasteiger partial charge is 0.411 e. The minimum Gasteiger partial charge on any atom is -0.383 e. The van der Waals surface area contributed by atoms with E-state index in [1.165, 1.54) is 0 Å². The summed E-state index contributed by atoms with van der Waals surface area (Å²) >= 11 is 0. The van der Waals surface area contributed by atoms with E-state index >= 15 is 0 Å². The Morgan fingerprint density at radius 3 is 2.50 bits per heavy atom. The van der Waals surface area contributed by atoms with Crippen LogP contribution in [0.5, 0.6) is 0 Å². The third-order valence-electron chi connectivity index (χ3n) is 1.97. The molecular formula is C10H20F3NO2. The van der Waals surface area contributed by atoms with Gasteiger partial charge in [0, 0.05) is 19.8 Å². The number of methoxy groups -OCH3 is 1. The molecule has 0 aromatic carbocycles. The summed E-state index contributed by atoms with van der Waals surface area (Å²) in [5, 5.41) is 3.19. The van der Waals surface area contributed by atoms with E-state index in [1.54, 1.807) is 7.11 Å². The monoisotopic (exact) mass is 243 g/mol. The van der Waals surface area contributed by atoms with Gasteiger partial charge in [0.05, 0.1) is 6.61 Å². The molecule has 0 rings (SSSR count). The van der Waals surface area contributed by atoms with Crippen LogP contribution in [-0.2, 0) is 9.47 Å². The fourth-order valence-electron chi connectivity index (χ4n) is 1.35. The second-order valence-electron chi connectivity index (χ2n) is 3.52. The van der Waals surface area contributed by atoms with Crippen molar-refractivity contribution in [2.24, 2.45) is 0 Å². The molecule has 3 nitrogen and oxygen atoms in total. The van der Waals surface area contributed by atoms with Crippen LogP contribution in [0.4, 0.5) is 13.2 Å². The van der Waals surface area contributed by atoms with E-state index in [2.05, 4.69) is 10.1 Å². The molecule has 0 aromatic rings. The molecule has 1 unspecified atom stereocenters. The first-order chi connectivity index (χ1) is 7.49. The van der Waals surface area contributed by atoms with Gasteiger partial charge in [-0.15, -0.1) is 0 Å². The topological polar surface area (TPSA) is 30.5 Å². The highest BCUT2D eigenvalue weighted by molar-refractivity contribution is 4.64. The van der Waals surface area contributed by atoms with Crippen LogP contribution in [0.3, 0.4) is 0 Å². The van der Waals surface area contributed by atoms with Crippen LogP contribution in [0.2, 0.25) is 0 Å². The summed E-state index contributed by atoms with van der Waals surface area (Å²) in [4.78, 5) is 0. The summed E-state index contributed by atoms with van der Waals surface area (Å²) in [7, 11) is 1.60. The maximum Gasteiger partial charge on any atom is 0.411 e. The van der Waals surface area contributed by atoms with Gasteiger partial charge in [-0.2, -0.15) is 13.2 Å². The predicted octanol–water partition coefficient (Wildman–Crippen LogP) is 1.97. The molecule has 0 aliphatic heterocycles. The van der Waals surface area contributed by atoms with Crippen molar-refractivity contribution < 1.29 is 22.6 Å². The van der Waals surface area contributed by atoms with Crippen molar-refractivity contribution in [3.63, 3.8) is 0 Å². The summed E-state index contributed by atoms with van der Waals surface area (Å²) in [6, 6.07) is 0.185. The highest BCUT2D eigenvalue weighted by atomic mass is 19.4. The molecule has 6 heteroatoms. The zero-order valence-electron chi connectivity index (χ0n) is 9.77. The number of alkyl halides is 3. The number of ether oxygens (including phenoxy) is 2. The Balaban J connectivity index is 3.46. The Hall–Kier alpha value is -0.330. The summed E-state index contributed by atoms with van der Waals surface area (Å²) in [5.41, 5.74) is 0. The van der Waals surface area contributed by atoms with Gasteiger partial charge < -0.3 is 14.8 Å². The SMILES string of the molecule is CCNC(CCCOCC(F)(F)F)COC. The van der Waals surface area contributed by atoms with Crippen molar-refractivity contribution in [1.82, 2.24) is 5.32 Å². The number of rotatable bonds is 9. The summed E-state index contributed by atoms with van der Waals surface area (Å²) in [6.07, 6.45) is -2.88. The quantitative estimate of drug-likeness (QED) is 0.628. The maximum atomic E-state index is 11.7. The van der Waals surface area contributed by atoms with Gasteiger partial charge in [0.25, 0.3) is 0 Å². The van der Waals surface area contributed by atoms with Crippen LogP contribution in [0.15, 0.2) is 0 Å². The van der Waals surface area contributed by atoms with E-state index < -0.39 is 12.8 Å². The molecule has 98 valence electrons. The van der Waals surface area contributed by atoms with E-state index in [0.29, 0.717) is 13.0 Å². The van der Waals surface area contributed by atoms with Crippen LogP contribution >= 0.6 is 0 Å². The summed E-state index contributed by atoms with van der Waals surface area (Å²) in [6.45, 7) is 2.32. The molecule has 16 heavy (non-hydrogen) atoms. The van der Waals surface area contributed by atoms with E-state index in [1.807, 2.05) is 6.92 Å².